The predicted octanol–water partition coefficient (Wildman–Crippen LogP) is 2.86. The van der Waals surface area contributed by atoms with E-state index in [0.717, 1.165) is 35.9 Å². The smallest absolute Gasteiger partial charge is 0.251 e. The van der Waals surface area contributed by atoms with Gasteiger partial charge in [-0.15, -0.1) is 0 Å². The molecule has 106 valence electrons. The third-order valence-electron chi connectivity index (χ3n) is 3.85. The van der Waals surface area contributed by atoms with E-state index >= 15 is 0 Å². The van der Waals surface area contributed by atoms with Crippen molar-refractivity contribution in [2.24, 2.45) is 0 Å². The van der Waals surface area contributed by atoms with Crippen molar-refractivity contribution >= 4 is 21.8 Å². The van der Waals surface area contributed by atoms with Gasteiger partial charge in [0.1, 0.15) is 0 Å². The van der Waals surface area contributed by atoms with Gasteiger partial charge in [-0.25, -0.2) is 0 Å². The molecule has 1 aliphatic heterocycles. The molecule has 1 amide bonds. The Morgan fingerprint density at radius 3 is 2.80 bits per heavy atom. The first kappa shape index (κ1) is 13.8. The van der Waals surface area contributed by atoms with Crippen molar-refractivity contribution in [1.29, 1.82) is 0 Å². The second-order valence-corrected chi connectivity index (χ2v) is 6.30. The molecule has 1 aliphatic carbocycles. The number of hydrogen-bond acceptors (Lipinski definition) is 2. The normalized spacial score (nSPS) is 18.6. The number of carbonyl (C=O) groups is 1. The second-order valence-electron chi connectivity index (χ2n) is 5.45. The van der Waals surface area contributed by atoms with Crippen molar-refractivity contribution in [2.75, 3.05) is 13.1 Å². The SMILES string of the molecule is O=C(C1=CCCNC1)N(Cc1ccccc1Br)C1CC1. The van der Waals surface area contributed by atoms with Crippen molar-refractivity contribution in [3.05, 3.63) is 46.0 Å². The van der Waals surface area contributed by atoms with Crippen LogP contribution in [0.4, 0.5) is 0 Å². The fraction of sp³-hybridized carbons (Fsp3) is 0.438. The van der Waals surface area contributed by atoms with E-state index in [4.69, 9.17) is 0 Å². The van der Waals surface area contributed by atoms with Crippen LogP contribution in [0.5, 0.6) is 0 Å². The van der Waals surface area contributed by atoms with Crippen LogP contribution in [0, 0.1) is 0 Å². The minimum atomic E-state index is 0.204. The number of nitrogens with one attached hydrogen (secondary N) is 1. The lowest BCUT2D eigenvalue weighted by Gasteiger charge is -2.26. The molecule has 3 nitrogen and oxygen atoms in total. The number of halogens is 1. The first-order chi connectivity index (χ1) is 9.75. The summed E-state index contributed by atoms with van der Waals surface area (Å²) in [5.74, 6) is 0.204. The summed E-state index contributed by atoms with van der Waals surface area (Å²) in [5, 5.41) is 3.28. The van der Waals surface area contributed by atoms with Crippen LogP contribution in [0.3, 0.4) is 0 Å². The Labute approximate surface area is 128 Å². The molecule has 1 saturated carbocycles. The molecule has 20 heavy (non-hydrogen) atoms. The largest absolute Gasteiger partial charge is 0.332 e. The zero-order valence-corrected chi connectivity index (χ0v) is 13.0. The van der Waals surface area contributed by atoms with Gasteiger partial charge in [0.05, 0.1) is 0 Å². The average molecular weight is 335 g/mol. The van der Waals surface area contributed by atoms with Gasteiger partial charge in [-0.3, -0.25) is 4.79 Å². The molecule has 0 spiro atoms. The number of rotatable bonds is 4. The number of nitrogens with zero attached hydrogens (tertiary/aromatic N) is 1. The van der Waals surface area contributed by atoms with Gasteiger partial charge in [-0.1, -0.05) is 40.2 Å². The Balaban J connectivity index is 1.77. The van der Waals surface area contributed by atoms with Crippen LogP contribution >= 0.6 is 15.9 Å². The van der Waals surface area contributed by atoms with E-state index in [9.17, 15) is 4.79 Å². The van der Waals surface area contributed by atoms with Gasteiger partial charge in [-0.2, -0.15) is 0 Å². The van der Waals surface area contributed by atoms with Crippen LogP contribution in [0.1, 0.15) is 24.8 Å². The molecule has 0 bridgehead atoms. The van der Waals surface area contributed by atoms with Gasteiger partial charge >= 0.3 is 0 Å². The molecule has 1 fully saturated rings. The monoisotopic (exact) mass is 334 g/mol. The Bertz CT molecular complexity index is 537. The van der Waals surface area contributed by atoms with E-state index in [0.29, 0.717) is 19.1 Å². The van der Waals surface area contributed by atoms with Gasteiger partial charge < -0.3 is 10.2 Å². The van der Waals surface area contributed by atoms with Crippen molar-refractivity contribution in [2.45, 2.75) is 31.8 Å². The lowest BCUT2D eigenvalue weighted by molar-refractivity contribution is -0.128. The summed E-state index contributed by atoms with van der Waals surface area (Å²) in [6, 6.07) is 8.58. The summed E-state index contributed by atoms with van der Waals surface area (Å²) < 4.78 is 1.08. The van der Waals surface area contributed by atoms with Gasteiger partial charge in [0.2, 0.25) is 0 Å². The summed E-state index contributed by atoms with van der Waals surface area (Å²) in [6.07, 6.45) is 5.32. The number of amides is 1. The average Bonchev–Trinajstić information content (AvgIpc) is 3.31. The highest BCUT2D eigenvalue weighted by Crippen LogP contribution is 2.31. The molecule has 0 radical (unpaired) electrons. The van der Waals surface area contributed by atoms with Gasteiger partial charge in [0.25, 0.3) is 5.91 Å². The molecule has 2 aliphatic rings. The van der Waals surface area contributed by atoms with Crippen LogP contribution in [0.25, 0.3) is 0 Å². The van der Waals surface area contributed by atoms with E-state index in [-0.39, 0.29) is 5.91 Å². The molecule has 3 rings (SSSR count). The summed E-state index contributed by atoms with van der Waals surface area (Å²) in [6.45, 7) is 2.38. The Morgan fingerprint density at radius 1 is 1.35 bits per heavy atom. The first-order valence-electron chi connectivity index (χ1n) is 7.20. The maximum absolute atomic E-state index is 12.7. The number of hydrogen-bond donors (Lipinski definition) is 1. The zero-order chi connectivity index (χ0) is 13.9. The molecule has 0 atom stereocenters. The number of benzene rings is 1. The summed E-state index contributed by atoms with van der Waals surface area (Å²) in [5.41, 5.74) is 2.10. The maximum atomic E-state index is 12.7. The van der Waals surface area contributed by atoms with Crippen molar-refractivity contribution in [3.8, 4) is 0 Å². The molecule has 1 aromatic carbocycles. The third kappa shape index (κ3) is 3.13. The molecule has 0 aromatic heterocycles. The van der Waals surface area contributed by atoms with Crippen LogP contribution in [-0.4, -0.2) is 29.9 Å². The summed E-state index contributed by atoms with van der Waals surface area (Å²) >= 11 is 3.57. The standard InChI is InChI=1S/C16H19BrN2O/c17-15-6-2-1-4-13(15)11-19(14-7-8-14)16(20)12-5-3-9-18-10-12/h1-2,4-6,14,18H,3,7-11H2. The minimum absolute atomic E-state index is 0.204. The van der Waals surface area contributed by atoms with Gasteiger partial charge in [0, 0.05) is 29.2 Å². The van der Waals surface area contributed by atoms with Crippen molar-refractivity contribution in [1.82, 2.24) is 10.2 Å². The highest BCUT2D eigenvalue weighted by Gasteiger charge is 2.34. The topological polar surface area (TPSA) is 32.3 Å². The molecule has 1 heterocycles. The predicted molar refractivity (Wildman–Crippen MR) is 83.3 cm³/mol. The van der Waals surface area contributed by atoms with Crippen LogP contribution in [0.2, 0.25) is 0 Å². The zero-order valence-electron chi connectivity index (χ0n) is 11.4. The Kier molecular flexibility index (Phi) is 4.22. The highest BCUT2D eigenvalue weighted by molar-refractivity contribution is 9.10. The fourth-order valence-electron chi connectivity index (χ4n) is 2.55. The van der Waals surface area contributed by atoms with Crippen LogP contribution < -0.4 is 5.32 Å². The Hall–Kier alpha value is -1.13. The van der Waals surface area contributed by atoms with E-state index in [2.05, 4.69) is 33.4 Å². The lowest BCUT2D eigenvalue weighted by atomic mass is 10.1. The van der Waals surface area contributed by atoms with Gasteiger partial charge in [0.15, 0.2) is 0 Å². The second kappa shape index (κ2) is 6.10. The fourth-order valence-corrected chi connectivity index (χ4v) is 2.96. The highest BCUT2D eigenvalue weighted by atomic mass is 79.9. The lowest BCUT2D eigenvalue weighted by Crippen LogP contribution is -2.38. The Morgan fingerprint density at radius 2 is 2.15 bits per heavy atom. The summed E-state index contributed by atoms with van der Waals surface area (Å²) in [4.78, 5) is 14.7. The van der Waals surface area contributed by atoms with E-state index < -0.39 is 0 Å². The molecular weight excluding hydrogens is 316 g/mol. The van der Waals surface area contributed by atoms with Gasteiger partial charge in [-0.05, 0) is 37.4 Å². The number of carbonyl (C=O) groups excluding carboxylic acids is 1. The van der Waals surface area contributed by atoms with Crippen LogP contribution in [-0.2, 0) is 11.3 Å². The van der Waals surface area contributed by atoms with E-state index in [1.807, 2.05) is 23.1 Å². The van der Waals surface area contributed by atoms with E-state index in [1.54, 1.807) is 0 Å². The molecule has 0 saturated heterocycles. The van der Waals surface area contributed by atoms with Crippen LogP contribution in [0.15, 0.2) is 40.4 Å². The third-order valence-corrected chi connectivity index (χ3v) is 4.62. The molecule has 0 unspecified atom stereocenters. The minimum Gasteiger partial charge on any atom is -0.332 e. The molecular formula is C16H19BrN2O. The molecule has 1 N–H and O–H groups in total. The summed E-state index contributed by atoms with van der Waals surface area (Å²) in [7, 11) is 0. The van der Waals surface area contributed by atoms with Crippen molar-refractivity contribution in [3.63, 3.8) is 0 Å². The quantitative estimate of drug-likeness (QED) is 0.918. The van der Waals surface area contributed by atoms with E-state index in [1.165, 1.54) is 5.56 Å². The van der Waals surface area contributed by atoms with Crippen molar-refractivity contribution < 1.29 is 4.79 Å². The molecule has 4 heteroatoms. The maximum Gasteiger partial charge on any atom is 0.251 e. The molecule has 1 aromatic rings. The first-order valence-corrected chi connectivity index (χ1v) is 7.99.